The molecule has 1 aliphatic carbocycles. The fraction of sp³-hybridized carbons (Fsp3) is 0.571. The topological polar surface area (TPSA) is 68.9 Å². The number of fused-ring (bicyclic) bond motifs is 1. The van der Waals surface area contributed by atoms with Gasteiger partial charge in [-0.25, -0.2) is 13.9 Å². The number of nitrogens with one attached hydrogen (secondary N) is 1. The summed E-state index contributed by atoms with van der Waals surface area (Å²) in [5.74, 6) is 0.251. The Morgan fingerprint density at radius 2 is 1.93 bits per heavy atom. The minimum atomic E-state index is -0.506. The maximum absolute atomic E-state index is 13.5. The van der Waals surface area contributed by atoms with Gasteiger partial charge in [0.25, 0.3) is 0 Å². The van der Waals surface area contributed by atoms with E-state index in [1.165, 1.54) is 23.2 Å². The smallest absolute Gasteiger partial charge is 0.346 e. The summed E-state index contributed by atoms with van der Waals surface area (Å²) in [7, 11) is 0. The van der Waals surface area contributed by atoms with Crippen molar-refractivity contribution in [2.45, 2.75) is 76.4 Å². The zero-order valence-corrected chi connectivity index (χ0v) is 16.1. The molecule has 1 aromatic carbocycles. The van der Waals surface area contributed by atoms with Crippen LogP contribution in [0.25, 0.3) is 0 Å². The highest BCUT2D eigenvalue weighted by Crippen LogP contribution is 2.23. The second-order valence-corrected chi connectivity index (χ2v) is 7.96. The second-order valence-electron chi connectivity index (χ2n) is 7.96. The van der Waals surface area contributed by atoms with Crippen molar-refractivity contribution >= 4 is 5.91 Å². The number of benzene rings is 1. The molecule has 1 N–H and O–H groups in total. The van der Waals surface area contributed by atoms with Crippen molar-refractivity contribution in [3.8, 4) is 0 Å². The number of hydrogen-bond acceptors (Lipinski definition) is 3. The van der Waals surface area contributed by atoms with Crippen LogP contribution in [0, 0.1) is 5.82 Å². The van der Waals surface area contributed by atoms with Crippen molar-refractivity contribution < 1.29 is 9.18 Å². The van der Waals surface area contributed by atoms with Crippen LogP contribution in [0.4, 0.5) is 4.39 Å². The van der Waals surface area contributed by atoms with Gasteiger partial charge in [-0.15, -0.1) is 0 Å². The Morgan fingerprint density at radius 1 is 1.14 bits per heavy atom. The number of carbonyl (C=O) groups excluding carboxylic acids is 1. The lowest BCUT2D eigenvalue weighted by atomic mass is 9.95. The summed E-state index contributed by atoms with van der Waals surface area (Å²) >= 11 is 0. The molecule has 6 nitrogen and oxygen atoms in total. The third-order valence-corrected chi connectivity index (χ3v) is 5.86. The number of carbonyl (C=O) groups is 1. The zero-order chi connectivity index (χ0) is 19.5. The Hall–Kier alpha value is -2.44. The number of halogens is 1. The van der Waals surface area contributed by atoms with Crippen LogP contribution in [0.2, 0.25) is 0 Å². The predicted molar refractivity (Wildman–Crippen MR) is 104 cm³/mol. The molecular weight excluding hydrogens is 359 g/mol. The first kappa shape index (κ1) is 18.9. The highest BCUT2D eigenvalue weighted by molar-refractivity contribution is 5.80. The summed E-state index contributed by atoms with van der Waals surface area (Å²) in [4.78, 5) is 26.0. The lowest BCUT2D eigenvalue weighted by molar-refractivity contribution is -0.125. The normalized spacial score (nSPS) is 20.4. The van der Waals surface area contributed by atoms with Crippen LogP contribution in [0.3, 0.4) is 0 Å². The van der Waals surface area contributed by atoms with E-state index in [4.69, 9.17) is 0 Å². The van der Waals surface area contributed by atoms with Crippen LogP contribution in [-0.4, -0.2) is 26.3 Å². The summed E-state index contributed by atoms with van der Waals surface area (Å²) in [6.45, 7) is 0.202. The summed E-state index contributed by atoms with van der Waals surface area (Å²) in [5, 5.41) is 7.65. The molecule has 2 heterocycles. The van der Waals surface area contributed by atoms with E-state index in [1.54, 1.807) is 16.7 Å². The van der Waals surface area contributed by atoms with Crippen molar-refractivity contribution in [1.82, 2.24) is 19.7 Å². The van der Waals surface area contributed by atoms with Crippen molar-refractivity contribution in [3.05, 3.63) is 52.0 Å². The molecule has 28 heavy (non-hydrogen) atoms. The predicted octanol–water partition coefficient (Wildman–Crippen LogP) is 2.95. The zero-order valence-electron chi connectivity index (χ0n) is 16.1. The van der Waals surface area contributed by atoms with E-state index < -0.39 is 6.04 Å². The van der Waals surface area contributed by atoms with Gasteiger partial charge < -0.3 is 5.32 Å². The van der Waals surface area contributed by atoms with Gasteiger partial charge in [-0.3, -0.25) is 9.36 Å². The molecule has 0 saturated heterocycles. The van der Waals surface area contributed by atoms with Gasteiger partial charge in [-0.1, -0.05) is 37.8 Å². The molecule has 0 bridgehead atoms. The molecule has 1 aliphatic heterocycles. The molecule has 2 aliphatic rings. The van der Waals surface area contributed by atoms with Crippen molar-refractivity contribution in [2.24, 2.45) is 0 Å². The Balaban J connectivity index is 1.58. The third kappa shape index (κ3) is 4.03. The lowest BCUT2D eigenvalue weighted by Crippen LogP contribution is -2.43. The first-order valence-electron chi connectivity index (χ1n) is 10.3. The van der Waals surface area contributed by atoms with Crippen molar-refractivity contribution in [2.75, 3.05) is 0 Å². The monoisotopic (exact) mass is 386 g/mol. The number of amides is 1. The summed E-state index contributed by atoms with van der Waals surface area (Å²) in [6.07, 6.45) is 8.68. The van der Waals surface area contributed by atoms with E-state index in [0.717, 1.165) is 38.5 Å². The van der Waals surface area contributed by atoms with Crippen LogP contribution in [-0.2, 0) is 17.8 Å². The number of rotatable bonds is 4. The largest absolute Gasteiger partial charge is 0.352 e. The standard InChI is InChI=1S/C21H27FN4O2/c22-16-8-6-7-15(13-16)14-25-21(28)26-18(11-4-5-12-19(26)24-25)20(27)23-17-9-2-1-3-10-17/h6-8,13,17-18H,1-5,9-12,14H2,(H,23,27). The number of hydrogen-bond donors (Lipinski definition) is 1. The van der Waals surface area contributed by atoms with E-state index in [0.29, 0.717) is 24.2 Å². The number of nitrogens with zero attached hydrogens (tertiary/aromatic N) is 3. The number of aromatic nitrogens is 3. The van der Waals surface area contributed by atoms with Crippen LogP contribution >= 0.6 is 0 Å². The molecule has 1 amide bonds. The lowest BCUT2D eigenvalue weighted by Gasteiger charge is -2.25. The maximum Gasteiger partial charge on any atom is 0.346 e. The van der Waals surface area contributed by atoms with E-state index in [9.17, 15) is 14.0 Å². The third-order valence-electron chi connectivity index (χ3n) is 5.86. The molecule has 0 radical (unpaired) electrons. The molecular formula is C21H27FN4O2. The fourth-order valence-corrected chi connectivity index (χ4v) is 4.40. The average molecular weight is 386 g/mol. The van der Waals surface area contributed by atoms with Gasteiger partial charge in [0.1, 0.15) is 17.7 Å². The van der Waals surface area contributed by atoms with Crippen LogP contribution < -0.4 is 11.0 Å². The molecule has 150 valence electrons. The van der Waals surface area contributed by atoms with Gasteiger partial charge in [0, 0.05) is 12.5 Å². The molecule has 4 rings (SSSR count). The van der Waals surface area contributed by atoms with Gasteiger partial charge in [-0.2, -0.15) is 5.10 Å². The first-order chi connectivity index (χ1) is 13.6. The van der Waals surface area contributed by atoms with E-state index in [-0.39, 0.29) is 30.0 Å². The van der Waals surface area contributed by atoms with Gasteiger partial charge in [-0.05, 0) is 43.4 Å². The van der Waals surface area contributed by atoms with Crippen LogP contribution in [0.1, 0.15) is 68.8 Å². The summed E-state index contributed by atoms with van der Waals surface area (Å²) in [5.41, 5.74) is 0.392. The second kappa shape index (κ2) is 8.29. The Morgan fingerprint density at radius 3 is 2.71 bits per heavy atom. The Labute approximate surface area is 163 Å². The van der Waals surface area contributed by atoms with E-state index in [1.807, 2.05) is 0 Å². The van der Waals surface area contributed by atoms with Gasteiger partial charge in [0.2, 0.25) is 5.91 Å². The molecule has 1 fully saturated rings. The Bertz CT molecular complexity index is 898. The molecule has 2 aromatic rings. The molecule has 1 saturated carbocycles. The highest BCUT2D eigenvalue weighted by Gasteiger charge is 2.30. The van der Waals surface area contributed by atoms with Crippen molar-refractivity contribution in [1.29, 1.82) is 0 Å². The van der Waals surface area contributed by atoms with E-state index in [2.05, 4.69) is 10.4 Å². The molecule has 1 unspecified atom stereocenters. The SMILES string of the molecule is O=C(NC1CCCCC1)C1CCCCc2nn(Cc3cccc(F)c3)c(=O)n21. The fourth-order valence-electron chi connectivity index (χ4n) is 4.40. The Kier molecular flexibility index (Phi) is 5.59. The van der Waals surface area contributed by atoms with Gasteiger partial charge >= 0.3 is 5.69 Å². The number of aryl methyl sites for hydroxylation is 1. The maximum atomic E-state index is 13.5. The minimum Gasteiger partial charge on any atom is -0.352 e. The van der Waals surface area contributed by atoms with E-state index >= 15 is 0 Å². The molecule has 0 spiro atoms. The van der Waals surface area contributed by atoms with Crippen LogP contribution in [0.15, 0.2) is 29.1 Å². The quantitative estimate of drug-likeness (QED) is 0.878. The molecule has 1 atom stereocenters. The summed E-state index contributed by atoms with van der Waals surface area (Å²) in [6, 6.07) is 5.88. The average Bonchev–Trinajstić information content (AvgIpc) is 2.86. The van der Waals surface area contributed by atoms with Crippen LogP contribution in [0.5, 0.6) is 0 Å². The van der Waals surface area contributed by atoms with Gasteiger partial charge in [0.15, 0.2) is 0 Å². The first-order valence-corrected chi connectivity index (χ1v) is 10.3. The summed E-state index contributed by atoms with van der Waals surface area (Å²) < 4.78 is 16.4. The van der Waals surface area contributed by atoms with Gasteiger partial charge in [0.05, 0.1) is 6.54 Å². The molecule has 1 aromatic heterocycles. The molecule has 7 heteroatoms. The highest BCUT2D eigenvalue weighted by atomic mass is 19.1. The van der Waals surface area contributed by atoms with Crippen molar-refractivity contribution in [3.63, 3.8) is 0 Å². The minimum absolute atomic E-state index is 0.0672.